The van der Waals surface area contributed by atoms with Crippen LogP contribution in [0.3, 0.4) is 0 Å². The van der Waals surface area contributed by atoms with Crippen LogP contribution in [0, 0.1) is 5.92 Å². The van der Waals surface area contributed by atoms with E-state index in [2.05, 4.69) is 226 Å². The van der Waals surface area contributed by atoms with Crippen molar-refractivity contribution in [2.75, 3.05) is 4.90 Å². The maximum Gasteiger partial charge on any atom is 0.0802 e. The Bertz CT molecular complexity index is 2610. The van der Waals surface area contributed by atoms with Crippen molar-refractivity contribution in [3.8, 4) is 22.3 Å². The largest absolute Gasteiger partial charge is 0.309 e. The van der Waals surface area contributed by atoms with E-state index in [1.54, 1.807) is 0 Å². The zero-order valence-electron chi connectivity index (χ0n) is 41.0. The van der Waals surface area contributed by atoms with Crippen molar-refractivity contribution in [3.05, 3.63) is 159 Å². The van der Waals surface area contributed by atoms with Crippen LogP contribution in [0.2, 0.25) is 0 Å². The van der Waals surface area contributed by atoms with Crippen molar-refractivity contribution in [1.82, 2.24) is 0 Å². The summed E-state index contributed by atoms with van der Waals surface area (Å²) >= 11 is 0. The zero-order valence-corrected chi connectivity index (χ0v) is 41.0. The average Bonchev–Trinajstić information content (AvgIpc) is 3.65. The lowest BCUT2D eigenvalue weighted by atomic mass is 9.66. The summed E-state index contributed by atoms with van der Waals surface area (Å²) in [5.41, 5.74) is 22.1. The van der Waals surface area contributed by atoms with E-state index in [0.29, 0.717) is 11.8 Å². The first-order valence-corrected chi connectivity index (χ1v) is 23.3. The summed E-state index contributed by atoms with van der Waals surface area (Å²) in [5, 5.41) is -0.571. The summed E-state index contributed by atoms with van der Waals surface area (Å²) in [6.45, 7) is 40.1. The molecule has 318 valence electrons. The Morgan fingerprint density at radius 1 is 0.468 bits per heavy atom. The summed E-state index contributed by atoms with van der Waals surface area (Å²) in [7, 11) is 7.24. The summed E-state index contributed by atoms with van der Waals surface area (Å²) in [5.74, 6) is 0.792. The molecule has 5 aromatic rings. The first kappa shape index (κ1) is 42.7. The molecule has 0 fully saturated rings. The minimum atomic E-state index is -0.571. The lowest BCUT2D eigenvalue weighted by Gasteiger charge is -2.35. The van der Waals surface area contributed by atoms with Gasteiger partial charge in [0, 0.05) is 33.6 Å². The number of benzene rings is 5. The molecule has 2 atom stereocenters. The van der Waals surface area contributed by atoms with E-state index in [9.17, 15) is 0 Å². The van der Waals surface area contributed by atoms with E-state index in [1.807, 2.05) is 0 Å². The van der Waals surface area contributed by atoms with Crippen LogP contribution < -0.4 is 4.90 Å². The molecule has 0 spiro atoms. The Labute approximate surface area is 376 Å². The molecule has 0 N–H and O–H groups in total. The molecule has 4 aliphatic carbocycles. The SMILES string of the molecule is [B]C(C)(C)c1cc(N(c2ccc3c(c2)C(C)(C)C2C=CC=CC32)c2cc(C(C)(C)C)cc3c2-c2ccc(C(C)(C)C)cc2C3(C)C)c2c(c1)C(C)(C)c1cc(C(C)(C)C)ccc1-2. The number of allylic oxidation sites excluding steroid dienone is 4. The number of fused-ring (bicyclic) bond motifs is 9. The highest BCUT2D eigenvalue weighted by Crippen LogP contribution is 2.61. The van der Waals surface area contributed by atoms with E-state index in [4.69, 9.17) is 7.85 Å². The molecule has 0 heterocycles. The number of anilines is 3. The fraction of sp³-hybridized carbons (Fsp3) is 0.433. The van der Waals surface area contributed by atoms with Gasteiger partial charge in [-0.3, -0.25) is 0 Å². The number of rotatable bonds is 4. The first-order chi connectivity index (χ1) is 28.5. The molecular formula is C60H70BN. The van der Waals surface area contributed by atoms with Gasteiger partial charge in [0.25, 0.3) is 0 Å². The maximum atomic E-state index is 7.24. The van der Waals surface area contributed by atoms with Crippen LogP contribution in [0.5, 0.6) is 0 Å². The number of hydrogen-bond donors (Lipinski definition) is 0. The van der Waals surface area contributed by atoms with Gasteiger partial charge in [0.05, 0.1) is 19.2 Å². The molecule has 0 saturated heterocycles. The van der Waals surface area contributed by atoms with E-state index < -0.39 is 5.31 Å². The maximum absolute atomic E-state index is 7.24. The summed E-state index contributed by atoms with van der Waals surface area (Å²) < 4.78 is 0. The van der Waals surface area contributed by atoms with Crippen molar-refractivity contribution in [2.45, 2.75) is 161 Å². The van der Waals surface area contributed by atoms with Crippen molar-refractivity contribution in [3.63, 3.8) is 0 Å². The molecule has 0 amide bonds. The molecule has 9 rings (SSSR count). The molecular weight excluding hydrogens is 745 g/mol. The van der Waals surface area contributed by atoms with Gasteiger partial charge in [0.1, 0.15) is 0 Å². The second-order valence-electron chi connectivity index (χ2n) is 24.7. The predicted octanol–water partition coefficient (Wildman–Crippen LogP) is 16.2. The average molecular weight is 816 g/mol. The van der Waals surface area contributed by atoms with Gasteiger partial charge in [-0.15, -0.1) is 0 Å². The highest BCUT2D eigenvalue weighted by atomic mass is 15.2. The quantitative estimate of drug-likeness (QED) is 0.163. The van der Waals surface area contributed by atoms with E-state index in [-0.39, 0.29) is 32.5 Å². The topological polar surface area (TPSA) is 3.24 Å². The lowest BCUT2D eigenvalue weighted by molar-refractivity contribution is 0.394. The monoisotopic (exact) mass is 816 g/mol. The molecule has 0 aliphatic heterocycles. The molecule has 0 aromatic heterocycles. The van der Waals surface area contributed by atoms with Crippen LogP contribution in [0.4, 0.5) is 17.1 Å². The smallest absolute Gasteiger partial charge is 0.0802 e. The van der Waals surface area contributed by atoms with E-state index in [1.165, 1.54) is 89.4 Å². The molecule has 2 unspecified atom stereocenters. The van der Waals surface area contributed by atoms with Gasteiger partial charge in [-0.25, -0.2) is 0 Å². The summed E-state index contributed by atoms with van der Waals surface area (Å²) in [6, 6.07) is 32.1. The molecule has 62 heavy (non-hydrogen) atoms. The van der Waals surface area contributed by atoms with Gasteiger partial charge >= 0.3 is 0 Å². The number of nitrogens with zero attached hydrogens (tertiary/aromatic N) is 1. The third-order valence-electron chi connectivity index (χ3n) is 15.6. The zero-order chi connectivity index (χ0) is 45.1. The second kappa shape index (κ2) is 13.2. The van der Waals surface area contributed by atoms with Crippen LogP contribution in [0.1, 0.15) is 179 Å². The molecule has 5 aromatic carbocycles. The Kier molecular flexibility index (Phi) is 9.13. The highest BCUT2D eigenvalue weighted by molar-refractivity contribution is 6.15. The van der Waals surface area contributed by atoms with Gasteiger partial charge in [-0.05, 0) is 124 Å². The third-order valence-corrected chi connectivity index (χ3v) is 15.6. The Hall–Kier alpha value is -4.56. The van der Waals surface area contributed by atoms with Crippen molar-refractivity contribution in [2.24, 2.45) is 5.92 Å². The van der Waals surface area contributed by atoms with E-state index >= 15 is 0 Å². The van der Waals surface area contributed by atoms with Crippen LogP contribution in [0.25, 0.3) is 22.3 Å². The van der Waals surface area contributed by atoms with Crippen molar-refractivity contribution in [1.29, 1.82) is 0 Å². The fourth-order valence-corrected chi connectivity index (χ4v) is 11.5. The van der Waals surface area contributed by atoms with Gasteiger partial charge in [0.2, 0.25) is 0 Å². The first-order valence-electron chi connectivity index (χ1n) is 23.3. The van der Waals surface area contributed by atoms with Gasteiger partial charge in [-0.2, -0.15) is 0 Å². The minimum absolute atomic E-state index is 0.0267. The van der Waals surface area contributed by atoms with Crippen LogP contribution >= 0.6 is 0 Å². The van der Waals surface area contributed by atoms with E-state index in [0.717, 1.165) is 5.56 Å². The normalized spacial score (nSPS) is 20.0. The minimum Gasteiger partial charge on any atom is -0.309 e. The lowest BCUT2D eigenvalue weighted by Crippen LogP contribution is -2.25. The van der Waals surface area contributed by atoms with Gasteiger partial charge < -0.3 is 4.90 Å². The van der Waals surface area contributed by atoms with Crippen LogP contribution in [0.15, 0.2) is 103 Å². The van der Waals surface area contributed by atoms with Crippen molar-refractivity contribution < 1.29 is 0 Å². The molecule has 1 nitrogen and oxygen atoms in total. The van der Waals surface area contributed by atoms with Crippen LogP contribution in [-0.4, -0.2) is 7.85 Å². The fourth-order valence-electron chi connectivity index (χ4n) is 11.5. The summed E-state index contributed by atoms with van der Waals surface area (Å²) in [4.78, 5) is 2.68. The molecule has 0 bridgehead atoms. The molecule has 4 aliphatic rings. The Morgan fingerprint density at radius 2 is 0.919 bits per heavy atom. The predicted molar refractivity (Wildman–Crippen MR) is 269 cm³/mol. The summed E-state index contributed by atoms with van der Waals surface area (Å²) in [6.07, 6.45) is 9.36. The molecule has 2 radical (unpaired) electrons. The van der Waals surface area contributed by atoms with Crippen molar-refractivity contribution >= 4 is 24.9 Å². The van der Waals surface area contributed by atoms with Crippen LogP contribution in [-0.2, 0) is 37.8 Å². The molecule has 2 heteroatoms. The Balaban J connectivity index is 1.44. The van der Waals surface area contributed by atoms with Gasteiger partial charge in [-0.1, -0.05) is 197 Å². The number of hydrogen-bond acceptors (Lipinski definition) is 1. The van der Waals surface area contributed by atoms with Gasteiger partial charge in [0.15, 0.2) is 0 Å². The molecule has 0 saturated carbocycles. The highest BCUT2D eigenvalue weighted by Gasteiger charge is 2.47. The standard InChI is InChI=1S/C60H70BN/c1-54(2,3)35-22-25-42-45(28-35)58(12,13)48-30-37(56(7,8)9)32-50(52(42)48)62(39-24-27-41-40-20-18-19-21-44(40)57(10,11)47(41)34-39)51-33-38(60(16,17)61)31-49-53(51)43-26-23-36(55(4,5)6)29-46(43)59(49,14)15/h18-34,40,44H,1-17H3. The third kappa shape index (κ3) is 6.31. The Morgan fingerprint density at radius 3 is 1.40 bits per heavy atom. The second-order valence-corrected chi connectivity index (χ2v) is 24.7.